The second-order valence-electron chi connectivity index (χ2n) is 6.10. The highest BCUT2D eigenvalue weighted by molar-refractivity contribution is 5.87. The number of carboxylic acid groups (broad SMARTS) is 1. The van der Waals surface area contributed by atoms with E-state index in [0.717, 1.165) is 11.1 Å². The number of hydrogen-bond acceptors (Lipinski definition) is 7. The summed E-state index contributed by atoms with van der Waals surface area (Å²) in [6.45, 7) is 0.557. The number of anilines is 2. The summed E-state index contributed by atoms with van der Waals surface area (Å²) >= 11 is 0. The van der Waals surface area contributed by atoms with E-state index in [1.807, 2.05) is 30.3 Å². The normalized spacial score (nSPS) is 10.9. The lowest BCUT2D eigenvalue weighted by Crippen LogP contribution is -2.12. The SMILES string of the molecule is Nc1nc(NCCc2ccc(C(=O)O)cc2)nc2nc(-c3ccccc3)nn12. The molecule has 0 spiro atoms. The van der Waals surface area contributed by atoms with E-state index in [-0.39, 0.29) is 11.5 Å². The molecule has 0 atom stereocenters. The lowest BCUT2D eigenvalue weighted by atomic mass is 10.1. The van der Waals surface area contributed by atoms with E-state index in [2.05, 4.69) is 25.4 Å². The number of hydrogen-bond donors (Lipinski definition) is 3. The van der Waals surface area contributed by atoms with E-state index in [9.17, 15) is 4.79 Å². The predicted molar refractivity (Wildman–Crippen MR) is 104 cm³/mol. The molecule has 4 N–H and O–H groups in total. The number of nitrogen functional groups attached to an aromatic ring is 1. The second kappa shape index (κ2) is 7.31. The number of aromatic carboxylic acids is 1. The van der Waals surface area contributed by atoms with E-state index in [1.54, 1.807) is 24.3 Å². The van der Waals surface area contributed by atoms with Gasteiger partial charge in [-0.3, -0.25) is 0 Å². The molecule has 4 rings (SSSR count). The fourth-order valence-corrected chi connectivity index (χ4v) is 2.73. The summed E-state index contributed by atoms with van der Waals surface area (Å²) in [5, 5.41) is 16.4. The molecule has 4 aromatic rings. The van der Waals surface area contributed by atoms with Crippen LogP contribution in [0.1, 0.15) is 15.9 Å². The van der Waals surface area contributed by atoms with Crippen LogP contribution in [-0.2, 0) is 6.42 Å². The Morgan fingerprint density at radius 3 is 2.50 bits per heavy atom. The first-order valence-corrected chi connectivity index (χ1v) is 8.62. The summed E-state index contributed by atoms with van der Waals surface area (Å²) in [7, 11) is 0. The Morgan fingerprint density at radius 2 is 1.79 bits per heavy atom. The smallest absolute Gasteiger partial charge is 0.335 e. The van der Waals surface area contributed by atoms with Gasteiger partial charge in [0.05, 0.1) is 5.56 Å². The van der Waals surface area contributed by atoms with Gasteiger partial charge in [0.15, 0.2) is 5.82 Å². The van der Waals surface area contributed by atoms with Crippen molar-refractivity contribution in [3.05, 3.63) is 65.7 Å². The van der Waals surface area contributed by atoms with E-state index in [1.165, 1.54) is 4.52 Å². The number of aromatic nitrogens is 5. The third-order valence-electron chi connectivity index (χ3n) is 4.16. The van der Waals surface area contributed by atoms with Crippen LogP contribution in [0.25, 0.3) is 17.2 Å². The lowest BCUT2D eigenvalue weighted by Gasteiger charge is -2.06. The number of nitrogens with one attached hydrogen (secondary N) is 1. The molecule has 0 saturated carbocycles. The molecule has 0 aliphatic carbocycles. The third kappa shape index (κ3) is 3.58. The van der Waals surface area contributed by atoms with E-state index in [4.69, 9.17) is 10.8 Å². The maximum absolute atomic E-state index is 10.9. The van der Waals surface area contributed by atoms with Crippen molar-refractivity contribution in [1.82, 2.24) is 24.6 Å². The Labute approximate surface area is 159 Å². The molecule has 2 aromatic heterocycles. The average Bonchev–Trinajstić information content (AvgIpc) is 3.14. The van der Waals surface area contributed by atoms with Crippen LogP contribution in [0.3, 0.4) is 0 Å². The lowest BCUT2D eigenvalue weighted by molar-refractivity contribution is 0.0697. The Kier molecular flexibility index (Phi) is 4.55. The van der Waals surface area contributed by atoms with Crippen LogP contribution in [0.5, 0.6) is 0 Å². The molecule has 9 heteroatoms. The zero-order valence-electron chi connectivity index (χ0n) is 14.8. The Morgan fingerprint density at radius 1 is 1.04 bits per heavy atom. The third-order valence-corrected chi connectivity index (χ3v) is 4.16. The van der Waals surface area contributed by atoms with Crippen molar-refractivity contribution in [2.24, 2.45) is 0 Å². The van der Waals surface area contributed by atoms with Gasteiger partial charge >= 0.3 is 5.97 Å². The molecule has 2 aromatic carbocycles. The number of nitrogens with zero attached hydrogens (tertiary/aromatic N) is 5. The molecule has 9 nitrogen and oxygen atoms in total. The summed E-state index contributed by atoms with van der Waals surface area (Å²) < 4.78 is 1.40. The summed E-state index contributed by atoms with van der Waals surface area (Å²) in [6, 6.07) is 16.3. The maximum Gasteiger partial charge on any atom is 0.335 e. The molecule has 0 unspecified atom stereocenters. The van der Waals surface area contributed by atoms with Gasteiger partial charge in [-0.2, -0.15) is 19.5 Å². The first-order chi connectivity index (χ1) is 13.6. The van der Waals surface area contributed by atoms with Gasteiger partial charge in [-0.15, -0.1) is 5.10 Å². The molecule has 28 heavy (non-hydrogen) atoms. The van der Waals surface area contributed by atoms with Crippen LogP contribution in [0.15, 0.2) is 54.6 Å². The predicted octanol–water partition coefficient (Wildman–Crippen LogP) is 2.12. The van der Waals surface area contributed by atoms with Crippen molar-refractivity contribution in [1.29, 1.82) is 0 Å². The van der Waals surface area contributed by atoms with Crippen LogP contribution in [-0.4, -0.2) is 42.2 Å². The number of carbonyl (C=O) groups is 1. The molecule has 0 aliphatic heterocycles. The van der Waals surface area contributed by atoms with Gasteiger partial charge in [0.1, 0.15) is 0 Å². The zero-order valence-corrected chi connectivity index (χ0v) is 14.8. The van der Waals surface area contributed by atoms with Gasteiger partial charge in [0.2, 0.25) is 11.9 Å². The van der Waals surface area contributed by atoms with Crippen molar-refractivity contribution >= 4 is 23.6 Å². The van der Waals surface area contributed by atoms with Crippen LogP contribution >= 0.6 is 0 Å². The summed E-state index contributed by atoms with van der Waals surface area (Å²) in [5.41, 5.74) is 8.12. The van der Waals surface area contributed by atoms with Gasteiger partial charge in [-0.05, 0) is 24.1 Å². The van der Waals surface area contributed by atoms with Crippen molar-refractivity contribution in [2.45, 2.75) is 6.42 Å². The molecule has 140 valence electrons. The molecular weight excluding hydrogens is 358 g/mol. The van der Waals surface area contributed by atoms with Crippen LogP contribution in [0.2, 0.25) is 0 Å². The summed E-state index contributed by atoms with van der Waals surface area (Å²) in [6.07, 6.45) is 0.677. The fraction of sp³-hybridized carbons (Fsp3) is 0.105. The molecule has 0 radical (unpaired) electrons. The first-order valence-electron chi connectivity index (χ1n) is 8.62. The maximum atomic E-state index is 10.9. The zero-order chi connectivity index (χ0) is 19.5. The molecule has 0 bridgehead atoms. The molecule has 0 saturated heterocycles. The number of nitrogens with two attached hydrogens (primary N) is 1. The minimum Gasteiger partial charge on any atom is -0.478 e. The number of rotatable bonds is 6. The van der Waals surface area contributed by atoms with Gasteiger partial charge < -0.3 is 16.2 Å². The van der Waals surface area contributed by atoms with Gasteiger partial charge in [-0.25, -0.2) is 4.79 Å². The van der Waals surface area contributed by atoms with Gasteiger partial charge in [-0.1, -0.05) is 42.5 Å². The molecule has 2 heterocycles. The van der Waals surface area contributed by atoms with Crippen molar-refractivity contribution in [3.8, 4) is 11.4 Å². The molecule has 0 fully saturated rings. The van der Waals surface area contributed by atoms with Gasteiger partial charge in [0, 0.05) is 12.1 Å². The largest absolute Gasteiger partial charge is 0.478 e. The Balaban J connectivity index is 1.47. The number of carboxylic acids is 1. The van der Waals surface area contributed by atoms with Crippen LogP contribution in [0.4, 0.5) is 11.9 Å². The van der Waals surface area contributed by atoms with Crippen molar-refractivity contribution < 1.29 is 9.90 Å². The fourth-order valence-electron chi connectivity index (χ4n) is 2.73. The second-order valence-corrected chi connectivity index (χ2v) is 6.10. The van der Waals surface area contributed by atoms with Crippen LogP contribution < -0.4 is 11.1 Å². The average molecular weight is 375 g/mol. The van der Waals surface area contributed by atoms with E-state index >= 15 is 0 Å². The van der Waals surface area contributed by atoms with E-state index in [0.29, 0.717) is 30.5 Å². The Bertz CT molecular complexity index is 1120. The van der Waals surface area contributed by atoms with Crippen LogP contribution in [0, 0.1) is 0 Å². The molecule has 0 amide bonds. The number of fused-ring (bicyclic) bond motifs is 1. The quantitative estimate of drug-likeness (QED) is 0.467. The highest BCUT2D eigenvalue weighted by Crippen LogP contribution is 2.17. The number of benzene rings is 2. The highest BCUT2D eigenvalue weighted by Gasteiger charge is 2.12. The van der Waals surface area contributed by atoms with Crippen molar-refractivity contribution in [3.63, 3.8) is 0 Å². The Hall–Kier alpha value is -4.01. The topological polar surface area (TPSA) is 131 Å². The highest BCUT2D eigenvalue weighted by atomic mass is 16.4. The first kappa shape index (κ1) is 17.4. The monoisotopic (exact) mass is 375 g/mol. The van der Waals surface area contributed by atoms with Gasteiger partial charge in [0.25, 0.3) is 5.78 Å². The molecular formula is C19H17N7O2. The van der Waals surface area contributed by atoms with Crippen molar-refractivity contribution in [2.75, 3.05) is 17.6 Å². The molecule has 0 aliphatic rings. The minimum absolute atomic E-state index is 0.188. The summed E-state index contributed by atoms with van der Waals surface area (Å²) in [4.78, 5) is 23.9. The van der Waals surface area contributed by atoms with E-state index < -0.39 is 5.97 Å². The summed E-state index contributed by atoms with van der Waals surface area (Å²) in [5.74, 6) is 0.495. The standard InChI is InChI=1S/C19H17N7O2/c20-17-23-18(21-11-10-12-6-8-14(9-7-12)16(27)28)24-19-22-15(25-26(17)19)13-4-2-1-3-5-13/h1-9H,10-11H2,(H,27,28)(H3,20,21,22,23,24,25). The minimum atomic E-state index is -0.940.